The Balaban J connectivity index is 1.27. The first-order valence-corrected chi connectivity index (χ1v) is 11.6. The molecule has 1 N–H and O–H groups in total. The third kappa shape index (κ3) is 5.41. The van der Waals surface area contributed by atoms with E-state index >= 15 is 0 Å². The number of anilines is 1. The highest BCUT2D eigenvalue weighted by Crippen LogP contribution is 2.23. The summed E-state index contributed by atoms with van der Waals surface area (Å²) in [6.45, 7) is 3.75. The van der Waals surface area contributed by atoms with Crippen molar-refractivity contribution in [2.24, 2.45) is 5.92 Å². The second-order valence-corrected chi connectivity index (χ2v) is 8.92. The molecule has 0 spiro atoms. The minimum Gasteiger partial charge on any atom is -0.352 e. The maximum absolute atomic E-state index is 13.7. The molecule has 0 aromatic heterocycles. The van der Waals surface area contributed by atoms with Crippen molar-refractivity contribution >= 4 is 23.4 Å². The fraction of sp³-hybridized carbons (Fsp3) is 0.423. The van der Waals surface area contributed by atoms with Gasteiger partial charge in [-0.3, -0.25) is 14.4 Å². The average Bonchev–Trinajstić information content (AvgIpc) is 2.84. The van der Waals surface area contributed by atoms with Gasteiger partial charge in [0.15, 0.2) is 0 Å². The maximum atomic E-state index is 13.7. The minimum atomic E-state index is -0.274. The summed E-state index contributed by atoms with van der Waals surface area (Å²) in [5.74, 6) is -0.409. The summed E-state index contributed by atoms with van der Waals surface area (Å²) in [6.07, 6.45) is 3.70. The molecular formula is C26H30FN3O3. The lowest BCUT2D eigenvalue weighted by Crippen LogP contribution is -2.43. The number of hydrogen-bond acceptors (Lipinski definition) is 3. The van der Waals surface area contributed by atoms with Gasteiger partial charge < -0.3 is 15.1 Å². The van der Waals surface area contributed by atoms with Crippen LogP contribution in [0.25, 0.3) is 0 Å². The van der Waals surface area contributed by atoms with Gasteiger partial charge in [-0.2, -0.15) is 0 Å². The van der Waals surface area contributed by atoms with Crippen molar-refractivity contribution in [3.63, 3.8) is 0 Å². The Kier molecular flexibility index (Phi) is 7.06. The van der Waals surface area contributed by atoms with E-state index in [0.29, 0.717) is 50.0 Å². The van der Waals surface area contributed by atoms with Crippen LogP contribution in [0.4, 0.5) is 10.1 Å². The van der Waals surface area contributed by atoms with Gasteiger partial charge in [-0.15, -0.1) is 0 Å². The van der Waals surface area contributed by atoms with Crippen molar-refractivity contribution < 1.29 is 18.8 Å². The van der Waals surface area contributed by atoms with Crippen LogP contribution < -0.4 is 10.2 Å². The van der Waals surface area contributed by atoms with Crippen LogP contribution in [0, 0.1) is 18.7 Å². The number of rotatable bonds is 5. The van der Waals surface area contributed by atoms with Crippen molar-refractivity contribution in [1.82, 2.24) is 10.2 Å². The number of benzene rings is 2. The van der Waals surface area contributed by atoms with Crippen LogP contribution in [0.1, 0.15) is 53.6 Å². The Bertz CT molecular complexity index is 1030. The predicted molar refractivity (Wildman–Crippen MR) is 124 cm³/mol. The van der Waals surface area contributed by atoms with Crippen LogP contribution in [0.15, 0.2) is 42.5 Å². The molecule has 4 rings (SSSR count). The Morgan fingerprint density at radius 2 is 1.76 bits per heavy atom. The molecule has 3 amide bonds. The van der Waals surface area contributed by atoms with Crippen LogP contribution in [-0.2, 0) is 16.1 Å². The fourth-order valence-corrected chi connectivity index (χ4v) is 4.47. The monoisotopic (exact) mass is 451 g/mol. The number of carbonyl (C=O) groups is 3. The van der Waals surface area contributed by atoms with Gasteiger partial charge in [-0.1, -0.05) is 12.1 Å². The summed E-state index contributed by atoms with van der Waals surface area (Å²) >= 11 is 0. The molecule has 2 aliphatic rings. The molecule has 2 aromatic carbocycles. The third-order valence-corrected chi connectivity index (χ3v) is 6.61. The van der Waals surface area contributed by atoms with Crippen LogP contribution >= 0.6 is 0 Å². The number of likely N-dealkylation sites (tertiary alicyclic amines) is 1. The van der Waals surface area contributed by atoms with Gasteiger partial charge in [0, 0.05) is 49.8 Å². The number of nitrogens with zero attached hydrogens (tertiary/aromatic N) is 2. The van der Waals surface area contributed by atoms with Gasteiger partial charge in [-0.05, 0) is 74.1 Å². The standard InChI is InChI=1S/C26H30FN3O3/c1-18-5-6-19(16-23(18)27)17-28-25(32)20-11-14-29(15-12-20)26(33)21-7-9-22(10-8-21)30-13-3-2-4-24(30)31/h5-10,16,20H,2-4,11-15,17H2,1H3,(H,28,32). The molecule has 0 bridgehead atoms. The van der Waals surface area contributed by atoms with Crippen LogP contribution in [0.3, 0.4) is 0 Å². The molecule has 33 heavy (non-hydrogen) atoms. The fourth-order valence-electron chi connectivity index (χ4n) is 4.47. The molecule has 2 aliphatic heterocycles. The van der Waals surface area contributed by atoms with E-state index in [-0.39, 0.29) is 29.5 Å². The molecule has 6 nitrogen and oxygen atoms in total. The van der Waals surface area contributed by atoms with Gasteiger partial charge in [0.2, 0.25) is 11.8 Å². The number of hydrogen-bond donors (Lipinski definition) is 1. The molecule has 0 radical (unpaired) electrons. The summed E-state index contributed by atoms with van der Waals surface area (Å²) in [4.78, 5) is 41.1. The Hall–Kier alpha value is -3.22. The highest BCUT2D eigenvalue weighted by Gasteiger charge is 2.28. The Morgan fingerprint density at radius 3 is 2.42 bits per heavy atom. The average molecular weight is 452 g/mol. The van der Waals surface area contributed by atoms with E-state index in [1.807, 2.05) is 18.2 Å². The van der Waals surface area contributed by atoms with Crippen molar-refractivity contribution in [2.75, 3.05) is 24.5 Å². The van der Waals surface area contributed by atoms with E-state index < -0.39 is 0 Å². The Labute approximate surface area is 193 Å². The SMILES string of the molecule is Cc1ccc(CNC(=O)C2CCN(C(=O)c3ccc(N4CCCCC4=O)cc3)CC2)cc1F. The first-order chi connectivity index (χ1) is 15.9. The number of aryl methyl sites for hydroxylation is 1. The predicted octanol–water partition coefficient (Wildman–Crippen LogP) is 3.82. The topological polar surface area (TPSA) is 69.7 Å². The molecule has 0 saturated carbocycles. The number of piperidine rings is 2. The number of nitrogens with one attached hydrogen (secondary N) is 1. The molecule has 0 unspecified atom stereocenters. The highest BCUT2D eigenvalue weighted by molar-refractivity contribution is 5.97. The highest BCUT2D eigenvalue weighted by atomic mass is 19.1. The molecule has 2 aromatic rings. The van der Waals surface area contributed by atoms with Gasteiger partial charge in [-0.25, -0.2) is 4.39 Å². The van der Waals surface area contributed by atoms with Gasteiger partial charge in [0.25, 0.3) is 5.91 Å². The lowest BCUT2D eigenvalue weighted by Gasteiger charge is -2.31. The molecule has 2 saturated heterocycles. The van der Waals surface area contributed by atoms with Crippen LogP contribution in [-0.4, -0.2) is 42.3 Å². The van der Waals surface area contributed by atoms with Crippen molar-refractivity contribution in [2.45, 2.75) is 45.6 Å². The second-order valence-electron chi connectivity index (χ2n) is 8.92. The summed E-state index contributed by atoms with van der Waals surface area (Å²) in [7, 11) is 0. The molecule has 0 aliphatic carbocycles. The minimum absolute atomic E-state index is 0.0551. The zero-order valence-corrected chi connectivity index (χ0v) is 19.0. The normalized spacial score (nSPS) is 17.2. The van der Waals surface area contributed by atoms with E-state index in [1.54, 1.807) is 34.9 Å². The molecule has 174 valence electrons. The zero-order valence-electron chi connectivity index (χ0n) is 19.0. The summed E-state index contributed by atoms with van der Waals surface area (Å²) < 4.78 is 13.7. The molecule has 2 heterocycles. The van der Waals surface area contributed by atoms with E-state index in [0.717, 1.165) is 30.6 Å². The molecule has 2 fully saturated rings. The summed E-state index contributed by atoms with van der Waals surface area (Å²) in [5, 5.41) is 2.89. The molecule has 0 atom stereocenters. The Morgan fingerprint density at radius 1 is 1.03 bits per heavy atom. The molecule has 7 heteroatoms. The second kappa shape index (κ2) is 10.1. The quantitative estimate of drug-likeness (QED) is 0.751. The first-order valence-electron chi connectivity index (χ1n) is 11.6. The lowest BCUT2D eigenvalue weighted by atomic mass is 9.95. The molecular weight excluding hydrogens is 421 g/mol. The van der Waals surface area contributed by atoms with Gasteiger partial charge in [0.05, 0.1) is 0 Å². The van der Waals surface area contributed by atoms with Crippen molar-refractivity contribution in [3.05, 3.63) is 65.0 Å². The number of amides is 3. The van der Waals surface area contributed by atoms with E-state index in [9.17, 15) is 18.8 Å². The van der Waals surface area contributed by atoms with E-state index in [1.165, 1.54) is 6.07 Å². The van der Waals surface area contributed by atoms with E-state index in [2.05, 4.69) is 5.32 Å². The van der Waals surface area contributed by atoms with Crippen LogP contribution in [0.5, 0.6) is 0 Å². The van der Waals surface area contributed by atoms with E-state index in [4.69, 9.17) is 0 Å². The lowest BCUT2D eigenvalue weighted by molar-refractivity contribution is -0.126. The number of halogens is 1. The van der Waals surface area contributed by atoms with Crippen LogP contribution in [0.2, 0.25) is 0 Å². The van der Waals surface area contributed by atoms with Gasteiger partial charge >= 0.3 is 0 Å². The van der Waals surface area contributed by atoms with Crippen molar-refractivity contribution in [1.29, 1.82) is 0 Å². The zero-order chi connectivity index (χ0) is 23.4. The summed E-state index contributed by atoms with van der Waals surface area (Å²) in [5.41, 5.74) is 2.73. The third-order valence-electron chi connectivity index (χ3n) is 6.61. The maximum Gasteiger partial charge on any atom is 0.253 e. The summed E-state index contributed by atoms with van der Waals surface area (Å²) in [6, 6.07) is 12.2. The smallest absolute Gasteiger partial charge is 0.253 e. The van der Waals surface area contributed by atoms with Gasteiger partial charge in [0.1, 0.15) is 5.82 Å². The largest absolute Gasteiger partial charge is 0.352 e. The first kappa shape index (κ1) is 23.0. The number of carbonyl (C=O) groups excluding carboxylic acids is 3. The van der Waals surface area contributed by atoms with Crippen molar-refractivity contribution in [3.8, 4) is 0 Å².